The van der Waals surface area contributed by atoms with E-state index >= 15 is 0 Å². The Morgan fingerprint density at radius 1 is 1.32 bits per heavy atom. The highest BCUT2D eigenvalue weighted by Gasteiger charge is 2.18. The van der Waals surface area contributed by atoms with Crippen LogP contribution in [0.1, 0.15) is 12.0 Å². The van der Waals surface area contributed by atoms with Crippen LogP contribution >= 0.6 is 11.9 Å². The molecular weight excluding hydrogens is 302 g/mol. The van der Waals surface area contributed by atoms with E-state index in [1.807, 2.05) is 29.7 Å². The van der Waals surface area contributed by atoms with Crippen LogP contribution in [0.4, 0.5) is 0 Å². The maximum atomic E-state index is 11.7. The van der Waals surface area contributed by atoms with E-state index in [1.54, 1.807) is 17.5 Å². The summed E-state index contributed by atoms with van der Waals surface area (Å²) in [5.41, 5.74) is 0.939. The molecule has 2 aliphatic heterocycles. The Hall–Kier alpha value is -2.08. The van der Waals surface area contributed by atoms with Gasteiger partial charge in [0.25, 0.3) is 5.91 Å². The van der Waals surface area contributed by atoms with Crippen LogP contribution in [0.15, 0.2) is 29.7 Å². The first-order valence-electron chi connectivity index (χ1n) is 7.07. The third-order valence-electron chi connectivity index (χ3n) is 3.30. The molecule has 0 radical (unpaired) electrons. The number of fused-ring (bicyclic) bond motifs is 1. The second-order valence-corrected chi connectivity index (χ2v) is 5.71. The van der Waals surface area contributed by atoms with E-state index < -0.39 is 0 Å². The Morgan fingerprint density at radius 2 is 2.18 bits per heavy atom. The molecule has 0 atom stereocenters. The zero-order chi connectivity index (χ0) is 15.4. The number of carbonyl (C=O) groups excluding carboxylic acids is 1. The van der Waals surface area contributed by atoms with E-state index in [-0.39, 0.29) is 5.91 Å². The molecule has 0 fully saturated rings. The fraction of sp³-hybridized carbons (Fsp3) is 0.312. The van der Waals surface area contributed by atoms with Crippen LogP contribution in [0.25, 0.3) is 6.08 Å². The molecule has 0 spiro atoms. The van der Waals surface area contributed by atoms with Gasteiger partial charge in [-0.05, 0) is 47.5 Å². The lowest BCUT2D eigenvalue weighted by Gasteiger charge is -2.21. The molecule has 22 heavy (non-hydrogen) atoms. The largest absolute Gasteiger partial charge is 0.493 e. The van der Waals surface area contributed by atoms with Crippen molar-refractivity contribution in [2.45, 2.75) is 6.42 Å². The Morgan fingerprint density at radius 3 is 3.00 bits per heavy atom. The monoisotopic (exact) mass is 319 g/mol. The van der Waals surface area contributed by atoms with Gasteiger partial charge in [-0.25, -0.2) is 0 Å². The Labute approximate surface area is 133 Å². The van der Waals surface area contributed by atoms with Crippen molar-refractivity contribution in [3.05, 3.63) is 35.3 Å². The molecule has 5 nitrogen and oxygen atoms in total. The summed E-state index contributed by atoms with van der Waals surface area (Å²) in [7, 11) is 1.61. The van der Waals surface area contributed by atoms with Crippen LogP contribution in [0, 0.1) is 0 Å². The number of hydrogen-bond acceptors (Lipinski definition) is 5. The van der Waals surface area contributed by atoms with Gasteiger partial charge in [-0.1, -0.05) is 6.08 Å². The van der Waals surface area contributed by atoms with Crippen LogP contribution in [-0.4, -0.2) is 37.1 Å². The second kappa shape index (κ2) is 6.79. The highest BCUT2D eigenvalue weighted by Crippen LogP contribution is 2.40. The average molecular weight is 319 g/mol. The van der Waals surface area contributed by atoms with Crippen LogP contribution in [0.5, 0.6) is 17.2 Å². The predicted molar refractivity (Wildman–Crippen MR) is 86.1 cm³/mol. The Bertz CT molecular complexity index is 610. The summed E-state index contributed by atoms with van der Waals surface area (Å²) in [5.74, 6) is 2.02. The third kappa shape index (κ3) is 3.22. The summed E-state index contributed by atoms with van der Waals surface area (Å²) >= 11 is 1.39. The van der Waals surface area contributed by atoms with Gasteiger partial charge in [0, 0.05) is 12.6 Å². The number of carbonyl (C=O) groups is 1. The van der Waals surface area contributed by atoms with Crippen molar-refractivity contribution in [2.24, 2.45) is 0 Å². The number of benzene rings is 1. The number of methoxy groups -OCH3 is 1. The topological polar surface area (TPSA) is 48.0 Å². The average Bonchev–Trinajstić information content (AvgIpc) is 2.56. The zero-order valence-corrected chi connectivity index (χ0v) is 13.1. The first-order valence-corrected chi connectivity index (χ1v) is 7.90. The lowest BCUT2D eigenvalue weighted by atomic mass is 10.1. The lowest BCUT2D eigenvalue weighted by molar-refractivity contribution is -0.121. The van der Waals surface area contributed by atoms with Crippen molar-refractivity contribution in [1.82, 2.24) is 4.31 Å². The van der Waals surface area contributed by atoms with Crippen LogP contribution in [0.3, 0.4) is 0 Å². The van der Waals surface area contributed by atoms with Crippen molar-refractivity contribution in [3.8, 4) is 17.2 Å². The number of rotatable bonds is 4. The standard InChI is InChI=1S/C16H17NO4S/c1-19-13-10-12(11-14-16(13)21-8-7-20-14)5-9-22-17-6-3-2-4-15(17)18/h2,4-5,9-11H,3,6-8H2,1H3/b9-5+. The van der Waals surface area contributed by atoms with Gasteiger partial charge in [0.2, 0.25) is 5.75 Å². The first kappa shape index (κ1) is 14.8. The van der Waals surface area contributed by atoms with E-state index in [1.165, 1.54) is 11.9 Å². The predicted octanol–water partition coefficient (Wildman–Crippen LogP) is 2.87. The molecule has 3 rings (SSSR count). The summed E-state index contributed by atoms with van der Waals surface area (Å²) in [6.45, 7) is 1.79. The Kier molecular flexibility index (Phi) is 4.58. The molecule has 2 aliphatic rings. The number of ether oxygens (including phenoxy) is 3. The second-order valence-electron chi connectivity index (χ2n) is 4.79. The molecule has 1 amide bonds. The molecule has 116 valence electrons. The summed E-state index contributed by atoms with van der Waals surface area (Å²) in [5, 5.41) is 1.89. The highest BCUT2D eigenvalue weighted by atomic mass is 32.2. The molecule has 0 saturated carbocycles. The molecule has 0 unspecified atom stereocenters. The van der Waals surface area contributed by atoms with Crippen LogP contribution in [-0.2, 0) is 4.79 Å². The highest BCUT2D eigenvalue weighted by molar-refractivity contribution is 8.00. The van der Waals surface area contributed by atoms with Gasteiger partial charge in [-0.2, -0.15) is 0 Å². The molecule has 0 bridgehead atoms. The molecule has 1 aromatic carbocycles. The fourth-order valence-corrected chi connectivity index (χ4v) is 2.99. The van der Waals surface area contributed by atoms with Gasteiger partial charge >= 0.3 is 0 Å². The molecule has 0 aliphatic carbocycles. The normalized spacial score (nSPS) is 17.1. The molecule has 1 aromatic rings. The van der Waals surface area contributed by atoms with Crippen LogP contribution in [0.2, 0.25) is 0 Å². The van der Waals surface area contributed by atoms with E-state index in [0.717, 1.165) is 18.5 Å². The maximum Gasteiger partial charge on any atom is 0.256 e. The van der Waals surface area contributed by atoms with E-state index in [4.69, 9.17) is 14.2 Å². The summed E-state index contributed by atoms with van der Waals surface area (Å²) in [6, 6.07) is 3.80. The molecule has 0 saturated heterocycles. The summed E-state index contributed by atoms with van der Waals surface area (Å²) in [6.07, 6.45) is 6.33. The van der Waals surface area contributed by atoms with Crippen molar-refractivity contribution < 1.29 is 19.0 Å². The van der Waals surface area contributed by atoms with Crippen molar-refractivity contribution >= 4 is 23.9 Å². The van der Waals surface area contributed by atoms with E-state index in [2.05, 4.69) is 0 Å². The smallest absolute Gasteiger partial charge is 0.256 e. The summed E-state index contributed by atoms with van der Waals surface area (Å²) < 4.78 is 18.3. The van der Waals surface area contributed by atoms with Gasteiger partial charge in [0.1, 0.15) is 13.2 Å². The van der Waals surface area contributed by atoms with Crippen LogP contribution < -0.4 is 14.2 Å². The molecule has 0 aromatic heterocycles. The first-order chi connectivity index (χ1) is 10.8. The number of nitrogens with zero attached hydrogens (tertiary/aromatic N) is 1. The van der Waals surface area contributed by atoms with Gasteiger partial charge < -0.3 is 14.2 Å². The van der Waals surface area contributed by atoms with Gasteiger partial charge in [0.05, 0.1) is 7.11 Å². The lowest BCUT2D eigenvalue weighted by Crippen LogP contribution is -2.25. The van der Waals surface area contributed by atoms with Gasteiger partial charge in [0.15, 0.2) is 11.5 Å². The zero-order valence-electron chi connectivity index (χ0n) is 12.3. The molecule has 6 heteroatoms. The molecular formula is C16H17NO4S. The van der Waals surface area contributed by atoms with Crippen molar-refractivity contribution in [2.75, 3.05) is 26.9 Å². The number of amides is 1. The quantitative estimate of drug-likeness (QED) is 0.799. The molecule has 0 N–H and O–H groups in total. The minimum absolute atomic E-state index is 0.0284. The van der Waals surface area contributed by atoms with Gasteiger partial charge in [-0.3, -0.25) is 9.10 Å². The van der Waals surface area contributed by atoms with Gasteiger partial charge in [-0.15, -0.1) is 0 Å². The van der Waals surface area contributed by atoms with Crippen molar-refractivity contribution in [1.29, 1.82) is 0 Å². The number of hydrogen-bond donors (Lipinski definition) is 0. The molecule has 2 heterocycles. The van der Waals surface area contributed by atoms with Crippen molar-refractivity contribution in [3.63, 3.8) is 0 Å². The summed E-state index contributed by atoms with van der Waals surface area (Å²) in [4.78, 5) is 11.7. The SMILES string of the molecule is COc1cc(/C=C/SN2CCC=CC2=O)cc2c1OCCO2. The minimum atomic E-state index is 0.0284. The minimum Gasteiger partial charge on any atom is -0.493 e. The van der Waals surface area contributed by atoms with E-state index in [9.17, 15) is 4.79 Å². The Balaban J connectivity index is 1.73. The fourth-order valence-electron chi connectivity index (χ4n) is 2.25. The third-order valence-corrected chi connectivity index (χ3v) is 4.18. The van der Waals surface area contributed by atoms with E-state index in [0.29, 0.717) is 30.5 Å². The maximum absolute atomic E-state index is 11.7.